The number of hydrogen-bond donors (Lipinski definition) is 1. The fourth-order valence-electron chi connectivity index (χ4n) is 3.13. The molecule has 0 saturated heterocycles. The molecule has 4 rings (SSSR count). The largest absolute Gasteiger partial charge is 0.494 e. The van der Waals surface area contributed by atoms with E-state index < -0.39 is 0 Å². The van der Waals surface area contributed by atoms with Crippen molar-refractivity contribution in [3.8, 4) is 22.1 Å². The molecule has 0 radical (unpaired) electrons. The lowest BCUT2D eigenvalue weighted by Gasteiger charge is -2.09. The summed E-state index contributed by atoms with van der Waals surface area (Å²) in [5, 5.41) is 10.2. The van der Waals surface area contributed by atoms with Crippen molar-refractivity contribution in [2.45, 2.75) is 18.7 Å². The summed E-state index contributed by atoms with van der Waals surface area (Å²) in [7, 11) is 0. The fourth-order valence-corrected chi connectivity index (χ4v) is 4.52. The molecule has 2 aromatic heterocycles. The highest BCUT2D eigenvalue weighted by Crippen LogP contribution is 2.28. The molecular formula is C23H22N4O2S2. The van der Waals surface area contributed by atoms with Crippen molar-refractivity contribution in [3.63, 3.8) is 0 Å². The Morgan fingerprint density at radius 2 is 1.97 bits per heavy atom. The van der Waals surface area contributed by atoms with Crippen LogP contribution in [0.15, 0.2) is 64.9 Å². The van der Waals surface area contributed by atoms with Crippen LogP contribution in [0.5, 0.6) is 5.75 Å². The van der Waals surface area contributed by atoms with Crippen LogP contribution in [0.1, 0.15) is 23.0 Å². The lowest BCUT2D eigenvalue weighted by molar-refractivity contribution is 0.102. The van der Waals surface area contributed by atoms with Crippen molar-refractivity contribution >= 4 is 34.8 Å². The van der Waals surface area contributed by atoms with Gasteiger partial charge in [-0.1, -0.05) is 12.1 Å². The predicted molar refractivity (Wildman–Crippen MR) is 127 cm³/mol. The Hall–Kier alpha value is -3.10. The third-order valence-corrected chi connectivity index (χ3v) is 6.17. The van der Waals surface area contributed by atoms with E-state index in [4.69, 9.17) is 9.72 Å². The van der Waals surface area contributed by atoms with Crippen LogP contribution < -0.4 is 10.1 Å². The molecule has 0 bridgehead atoms. The van der Waals surface area contributed by atoms with Crippen LogP contribution in [0.2, 0.25) is 0 Å². The number of benzene rings is 2. The summed E-state index contributed by atoms with van der Waals surface area (Å²) in [4.78, 5) is 18.6. The number of thiazole rings is 1. The molecule has 0 aliphatic heterocycles. The van der Waals surface area contributed by atoms with Gasteiger partial charge in [-0.3, -0.25) is 4.79 Å². The quantitative estimate of drug-likeness (QED) is 0.367. The van der Waals surface area contributed by atoms with Crippen molar-refractivity contribution in [1.29, 1.82) is 0 Å². The smallest absolute Gasteiger partial charge is 0.257 e. The first-order valence-corrected chi connectivity index (χ1v) is 11.9. The van der Waals surface area contributed by atoms with Gasteiger partial charge in [-0.2, -0.15) is 9.78 Å². The first kappa shape index (κ1) is 21.1. The van der Waals surface area contributed by atoms with E-state index >= 15 is 0 Å². The van der Waals surface area contributed by atoms with Gasteiger partial charge in [-0.25, -0.2) is 4.98 Å². The third-order valence-electron chi connectivity index (χ3n) is 4.56. The van der Waals surface area contributed by atoms with Gasteiger partial charge in [0.25, 0.3) is 5.91 Å². The van der Waals surface area contributed by atoms with E-state index in [-0.39, 0.29) is 5.91 Å². The van der Waals surface area contributed by atoms with Crippen molar-refractivity contribution in [2.75, 3.05) is 18.2 Å². The Balaban J connectivity index is 1.60. The van der Waals surface area contributed by atoms with Gasteiger partial charge in [0.1, 0.15) is 11.6 Å². The Bertz CT molecular complexity index is 1200. The lowest BCUT2D eigenvalue weighted by atomic mass is 10.2. The van der Waals surface area contributed by atoms with Gasteiger partial charge in [-0.05, 0) is 56.5 Å². The first-order valence-electron chi connectivity index (χ1n) is 9.79. The Morgan fingerprint density at radius 1 is 1.19 bits per heavy atom. The van der Waals surface area contributed by atoms with Crippen LogP contribution in [0, 0.1) is 6.92 Å². The second kappa shape index (κ2) is 9.36. The summed E-state index contributed by atoms with van der Waals surface area (Å²) in [5.74, 6) is 1.25. The average molecular weight is 451 g/mol. The molecule has 1 amide bonds. The number of rotatable bonds is 7. The molecule has 2 aromatic carbocycles. The van der Waals surface area contributed by atoms with Gasteiger partial charge in [0, 0.05) is 21.9 Å². The minimum Gasteiger partial charge on any atom is -0.494 e. The van der Waals surface area contributed by atoms with Crippen molar-refractivity contribution < 1.29 is 9.53 Å². The van der Waals surface area contributed by atoms with Gasteiger partial charge < -0.3 is 10.1 Å². The molecule has 6 nitrogen and oxygen atoms in total. The standard InChI is InChI=1S/C23H22N4O2S2/c1-4-29-17-11-9-16(10-12-17)19-14-31-23(24-19)27-21(13-15(2)26-27)25-22(28)18-7-5-6-8-20(18)30-3/h5-14H,4H2,1-3H3,(H,25,28). The Labute approximate surface area is 189 Å². The number of nitrogens with zero attached hydrogens (tertiary/aromatic N) is 3. The number of amides is 1. The van der Waals surface area contributed by atoms with Crippen LogP contribution in [0.4, 0.5) is 5.82 Å². The first-order chi connectivity index (χ1) is 15.1. The second-order valence-corrected chi connectivity index (χ2v) is 8.39. The molecule has 0 spiro atoms. The van der Waals surface area contributed by atoms with E-state index in [2.05, 4.69) is 10.4 Å². The number of carbonyl (C=O) groups is 1. The van der Waals surface area contributed by atoms with Crippen LogP contribution >= 0.6 is 23.1 Å². The van der Waals surface area contributed by atoms with E-state index in [1.807, 2.05) is 80.1 Å². The number of thioether (sulfide) groups is 1. The van der Waals surface area contributed by atoms with E-state index in [0.29, 0.717) is 23.1 Å². The number of nitrogens with one attached hydrogen (secondary N) is 1. The zero-order valence-corrected chi connectivity index (χ0v) is 19.1. The second-order valence-electron chi connectivity index (χ2n) is 6.71. The van der Waals surface area contributed by atoms with Crippen LogP contribution in [-0.4, -0.2) is 33.5 Å². The molecule has 1 N–H and O–H groups in total. The summed E-state index contributed by atoms with van der Waals surface area (Å²) in [6.07, 6.45) is 1.96. The van der Waals surface area contributed by atoms with Gasteiger partial charge in [-0.15, -0.1) is 23.1 Å². The number of hydrogen-bond acceptors (Lipinski definition) is 6. The Morgan fingerprint density at radius 3 is 2.71 bits per heavy atom. The van der Waals surface area contributed by atoms with Crippen molar-refractivity contribution in [3.05, 3.63) is 71.2 Å². The SMILES string of the molecule is CCOc1ccc(-c2csc(-n3nc(C)cc3NC(=O)c3ccccc3SC)n2)cc1. The highest BCUT2D eigenvalue weighted by molar-refractivity contribution is 7.98. The molecule has 0 saturated carbocycles. The monoisotopic (exact) mass is 450 g/mol. The number of aromatic nitrogens is 3. The van der Waals surface area contributed by atoms with Gasteiger partial charge in [0.15, 0.2) is 0 Å². The maximum atomic E-state index is 12.9. The minimum atomic E-state index is -0.172. The molecule has 0 atom stereocenters. The number of anilines is 1. The van der Waals surface area contributed by atoms with Crippen molar-refractivity contribution in [2.24, 2.45) is 0 Å². The van der Waals surface area contributed by atoms with E-state index in [9.17, 15) is 4.79 Å². The third kappa shape index (κ3) is 4.65. The van der Waals surface area contributed by atoms with Crippen molar-refractivity contribution in [1.82, 2.24) is 14.8 Å². The molecule has 0 aliphatic carbocycles. The number of aryl methyl sites for hydroxylation is 1. The summed E-state index contributed by atoms with van der Waals surface area (Å²) in [6, 6.07) is 17.2. The molecule has 158 valence electrons. The molecule has 2 heterocycles. The molecule has 8 heteroatoms. The molecule has 0 fully saturated rings. The zero-order chi connectivity index (χ0) is 21.8. The maximum absolute atomic E-state index is 12.9. The minimum absolute atomic E-state index is 0.172. The van der Waals surface area contributed by atoms with Crippen LogP contribution in [0.3, 0.4) is 0 Å². The summed E-state index contributed by atoms with van der Waals surface area (Å²) in [5.41, 5.74) is 3.27. The zero-order valence-electron chi connectivity index (χ0n) is 17.5. The fraction of sp³-hybridized carbons (Fsp3) is 0.174. The highest BCUT2D eigenvalue weighted by atomic mass is 32.2. The molecule has 0 unspecified atom stereocenters. The molecule has 0 aliphatic rings. The van der Waals surface area contributed by atoms with Gasteiger partial charge in [0.2, 0.25) is 5.13 Å². The predicted octanol–water partition coefficient (Wildman–Crippen LogP) is 5.68. The van der Waals surface area contributed by atoms with E-state index in [1.165, 1.54) is 11.3 Å². The van der Waals surface area contributed by atoms with Gasteiger partial charge >= 0.3 is 0 Å². The molecular weight excluding hydrogens is 428 g/mol. The maximum Gasteiger partial charge on any atom is 0.257 e. The normalized spacial score (nSPS) is 10.8. The summed E-state index contributed by atoms with van der Waals surface area (Å²) < 4.78 is 7.18. The number of ether oxygens (including phenoxy) is 1. The summed E-state index contributed by atoms with van der Waals surface area (Å²) >= 11 is 3.02. The van der Waals surface area contributed by atoms with E-state index in [1.54, 1.807) is 16.4 Å². The average Bonchev–Trinajstić information content (AvgIpc) is 3.41. The van der Waals surface area contributed by atoms with Crippen LogP contribution in [-0.2, 0) is 0 Å². The summed E-state index contributed by atoms with van der Waals surface area (Å²) in [6.45, 7) is 4.49. The molecule has 31 heavy (non-hydrogen) atoms. The highest BCUT2D eigenvalue weighted by Gasteiger charge is 2.17. The topological polar surface area (TPSA) is 69.0 Å². The van der Waals surface area contributed by atoms with Gasteiger partial charge in [0.05, 0.1) is 23.6 Å². The van der Waals surface area contributed by atoms with Crippen LogP contribution in [0.25, 0.3) is 16.4 Å². The molecule has 4 aromatic rings. The number of carbonyl (C=O) groups excluding carboxylic acids is 1. The lowest BCUT2D eigenvalue weighted by Crippen LogP contribution is -2.15. The van der Waals surface area contributed by atoms with E-state index in [0.717, 1.165) is 27.6 Å². The Kier molecular flexibility index (Phi) is 6.39.